The highest BCUT2D eigenvalue weighted by Gasteiger charge is 2.15. The van der Waals surface area contributed by atoms with Gasteiger partial charge in [-0.2, -0.15) is 0 Å². The lowest BCUT2D eigenvalue weighted by Gasteiger charge is -2.15. The molecule has 200 valence electrons. The van der Waals surface area contributed by atoms with Crippen molar-refractivity contribution in [1.29, 1.82) is 0 Å². The van der Waals surface area contributed by atoms with Gasteiger partial charge in [-0.05, 0) is 74.9 Å². The number of aromatic nitrogens is 2. The highest BCUT2D eigenvalue weighted by Crippen LogP contribution is 2.26. The summed E-state index contributed by atoms with van der Waals surface area (Å²) in [6.45, 7) is 7.24. The van der Waals surface area contributed by atoms with Crippen LogP contribution in [0.1, 0.15) is 39.0 Å². The van der Waals surface area contributed by atoms with E-state index in [1.165, 1.54) is 42.7 Å². The molecule has 1 aromatic heterocycles. The van der Waals surface area contributed by atoms with E-state index in [4.69, 9.17) is 11.5 Å². The van der Waals surface area contributed by atoms with E-state index in [2.05, 4.69) is 25.6 Å². The highest BCUT2D eigenvalue weighted by atomic mass is 32.2. The fourth-order valence-corrected chi connectivity index (χ4v) is 4.13. The molecule has 0 atom stereocenters. The quantitative estimate of drug-likeness (QED) is 0.324. The number of nitrogens with two attached hydrogens (primary N) is 2. The molecule has 38 heavy (non-hydrogen) atoms. The van der Waals surface area contributed by atoms with Gasteiger partial charge in [-0.15, -0.1) is 0 Å². The van der Waals surface area contributed by atoms with Crippen LogP contribution >= 0.6 is 0 Å². The third-order valence-corrected chi connectivity index (χ3v) is 6.89. The largest absolute Gasteiger partial charge is 0.396 e. The number of rotatable bonds is 7. The zero-order valence-electron chi connectivity index (χ0n) is 21.5. The number of hydrogen-bond donors (Lipinski definition) is 4. The maximum Gasteiger partial charge on any atom is 0.323 e. The van der Waals surface area contributed by atoms with Crippen molar-refractivity contribution in [3.63, 3.8) is 0 Å². The Balaban J connectivity index is 1.92. The molecule has 0 bridgehead atoms. The van der Waals surface area contributed by atoms with E-state index in [0.29, 0.717) is 22.5 Å². The number of carbonyl (C=O) groups excluding carboxylic acids is 1. The first-order valence-electron chi connectivity index (χ1n) is 11.6. The van der Waals surface area contributed by atoms with Gasteiger partial charge in [0.1, 0.15) is 5.82 Å². The second kappa shape index (κ2) is 11.4. The molecule has 10 nitrogen and oxygen atoms in total. The number of sulfone groups is 1. The SMILES string of the molecule is CCS(=O)(=O)c1ccc(NC(=O)Nc2cc(F)cc(C(C=NC(C)(C)C)=C(N)c3ccnc(N)n3)c2)cc1. The molecule has 3 aromatic rings. The molecule has 0 aliphatic rings. The van der Waals surface area contributed by atoms with Crippen molar-refractivity contribution in [2.45, 2.75) is 38.1 Å². The van der Waals surface area contributed by atoms with Gasteiger partial charge in [0, 0.05) is 29.4 Å². The summed E-state index contributed by atoms with van der Waals surface area (Å²) < 4.78 is 38.6. The number of nitrogens with zero attached hydrogens (tertiary/aromatic N) is 3. The number of aliphatic imine (C=N–C) groups is 1. The summed E-state index contributed by atoms with van der Waals surface area (Å²) in [6.07, 6.45) is 2.98. The average Bonchev–Trinajstić information content (AvgIpc) is 2.83. The van der Waals surface area contributed by atoms with Gasteiger partial charge in [0.05, 0.1) is 27.6 Å². The molecule has 0 fully saturated rings. The maximum absolute atomic E-state index is 14.7. The van der Waals surface area contributed by atoms with E-state index in [1.54, 1.807) is 19.1 Å². The molecule has 2 amide bonds. The van der Waals surface area contributed by atoms with Crippen LogP contribution in [-0.4, -0.2) is 41.9 Å². The summed E-state index contributed by atoms with van der Waals surface area (Å²) in [4.78, 5) is 25.3. The van der Waals surface area contributed by atoms with Crippen LogP contribution in [-0.2, 0) is 9.84 Å². The standard InChI is InChI=1S/C26H30FN7O3S/c1-5-38(36,37)20-8-6-18(7-9-20)32-25(35)33-19-13-16(12-17(27)14-19)21(15-31-26(2,3)4)23(28)22-10-11-30-24(29)34-22/h6-15H,5,28H2,1-4H3,(H2,29,30,34)(H2,32,33,35). The number of hydrogen-bond acceptors (Lipinski definition) is 8. The minimum atomic E-state index is -3.36. The normalized spacial score (nSPS) is 12.8. The second-order valence-corrected chi connectivity index (χ2v) is 11.6. The van der Waals surface area contributed by atoms with Crippen molar-refractivity contribution in [2.75, 3.05) is 22.1 Å². The molecule has 12 heteroatoms. The van der Waals surface area contributed by atoms with Gasteiger partial charge in [0.2, 0.25) is 5.95 Å². The molecule has 2 aromatic carbocycles. The number of anilines is 3. The summed E-state index contributed by atoms with van der Waals surface area (Å²) in [5, 5.41) is 5.17. The zero-order chi connectivity index (χ0) is 28.1. The van der Waals surface area contributed by atoms with Gasteiger partial charge in [-0.1, -0.05) is 6.92 Å². The van der Waals surface area contributed by atoms with Crippen molar-refractivity contribution in [1.82, 2.24) is 9.97 Å². The van der Waals surface area contributed by atoms with Crippen LogP contribution in [0.15, 0.2) is 64.6 Å². The van der Waals surface area contributed by atoms with E-state index in [0.717, 1.165) is 6.07 Å². The summed E-state index contributed by atoms with van der Waals surface area (Å²) in [5.41, 5.74) is 13.4. The van der Waals surface area contributed by atoms with E-state index in [1.807, 2.05) is 20.8 Å². The Bertz CT molecular complexity index is 1500. The number of carbonyl (C=O) groups is 1. The Morgan fingerprint density at radius 2 is 1.74 bits per heavy atom. The van der Waals surface area contributed by atoms with Crippen molar-refractivity contribution in [2.24, 2.45) is 10.7 Å². The first kappa shape index (κ1) is 28.3. The minimum absolute atomic E-state index is 0.0242. The van der Waals surface area contributed by atoms with Crippen LogP contribution in [0.5, 0.6) is 0 Å². The topological polar surface area (TPSA) is 165 Å². The van der Waals surface area contributed by atoms with Crippen molar-refractivity contribution in [3.8, 4) is 0 Å². The van der Waals surface area contributed by atoms with E-state index in [-0.39, 0.29) is 28.0 Å². The summed E-state index contributed by atoms with van der Waals surface area (Å²) in [7, 11) is -3.36. The van der Waals surface area contributed by atoms with Gasteiger partial charge in [-0.3, -0.25) is 4.99 Å². The average molecular weight is 540 g/mol. The Morgan fingerprint density at radius 1 is 1.08 bits per heavy atom. The van der Waals surface area contributed by atoms with Crippen molar-refractivity contribution < 1.29 is 17.6 Å². The Labute approximate surface area is 221 Å². The molecule has 0 aliphatic carbocycles. The van der Waals surface area contributed by atoms with Crippen molar-refractivity contribution >= 4 is 50.7 Å². The smallest absolute Gasteiger partial charge is 0.323 e. The van der Waals surface area contributed by atoms with Gasteiger partial charge >= 0.3 is 6.03 Å². The van der Waals surface area contributed by atoms with Crippen LogP contribution in [0, 0.1) is 5.82 Å². The lowest BCUT2D eigenvalue weighted by atomic mass is 10.0. The maximum atomic E-state index is 14.7. The fraction of sp³-hybridized carbons (Fsp3) is 0.231. The lowest BCUT2D eigenvalue weighted by molar-refractivity contribution is 0.262. The summed E-state index contributed by atoms with van der Waals surface area (Å²) in [5.74, 6) is -0.631. The third kappa shape index (κ3) is 7.59. The molecular weight excluding hydrogens is 509 g/mol. The van der Waals surface area contributed by atoms with Crippen LogP contribution in [0.3, 0.4) is 0 Å². The molecule has 1 heterocycles. The summed E-state index contributed by atoms with van der Waals surface area (Å²) >= 11 is 0. The Hall–Kier alpha value is -4.32. The highest BCUT2D eigenvalue weighted by molar-refractivity contribution is 7.91. The monoisotopic (exact) mass is 539 g/mol. The van der Waals surface area contributed by atoms with E-state index in [9.17, 15) is 17.6 Å². The lowest BCUT2D eigenvalue weighted by Crippen LogP contribution is -2.19. The Kier molecular flexibility index (Phi) is 8.46. The minimum Gasteiger partial charge on any atom is -0.396 e. The molecule has 0 radical (unpaired) electrons. The molecule has 0 aliphatic heterocycles. The van der Waals surface area contributed by atoms with Crippen LogP contribution in [0.4, 0.5) is 26.5 Å². The predicted octanol–water partition coefficient (Wildman–Crippen LogP) is 4.33. The van der Waals surface area contributed by atoms with Gasteiger partial charge in [0.25, 0.3) is 0 Å². The molecular formula is C26H30FN7O3S. The van der Waals surface area contributed by atoms with Crippen LogP contribution in [0.25, 0.3) is 11.3 Å². The van der Waals surface area contributed by atoms with Crippen LogP contribution in [0.2, 0.25) is 0 Å². The van der Waals surface area contributed by atoms with Gasteiger partial charge < -0.3 is 22.1 Å². The molecule has 0 saturated heterocycles. The molecule has 0 spiro atoms. The zero-order valence-corrected chi connectivity index (χ0v) is 22.3. The van der Waals surface area contributed by atoms with Crippen molar-refractivity contribution in [3.05, 3.63) is 71.8 Å². The third-order valence-electron chi connectivity index (χ3n) is 5.14. The van der Waals surface area contributed by atoms with Crippen LogP contribution < -0.4 is 22.1 Å². The van der Waals surface area contributed by atoms with Gasteiger partial charge in [-0.25, -0.2) is 27.6 Å². The number of nitrogen functional groups attached to an aromatic ring is 1. The number of halogens is 1. The molecule has 0 saturated carbocycles. The van der Waals surface area contributed by atoms with E-state index < -0.39 is 27.2 Å². The molecule has 0 unspecified atom stereocenters. The number of nitrogens with one attached hydrogen (secondary N) is 2. The number of benzene rings is 2. The van der Waals surface area contributed by atoms with E-state index >= 15 is 0 Å². The number of urea groups is 1. The predicted molar refractivity (Wildman–Crippen MR) is 149 cm³/mol. The fourth-order valence-electron chi connectivity index (χ4n) is 3.24. The number of allylic oxidation sites excluding steroid dienone is 1. The second-order valence-electron chi connectivity index (χ2n) is 9.29. The van der Waals surface area contributed by atoms with Gasteiger partial charge in [0.15, 0.2) is 9.84 Å². The molecule has 3 rings (SSSR count). The molecule has 6 N–H and O–H groups in total. The first-order chi connectivity index (χ1) is 17.8. The number of amides is 2. The first-order valence-corrected chi connectivity index (χ1v) is 13.3. The Morgan fingerprint density at radius 3 is 2.34 bits per heavy atom. The summed E-state index contributed by atoms with van der Waals surface area (Å²) in [6, 6.07) is 10.6.